The predicted octanol–water partition coefficient (Wildman–Crippen LogP) is 2.76. The number of rotatable bonds is 4. The zero-order chi connectivity index (χ0) is 20.4. The molecule has 2 aromatic rings. The van der Waals surface area contributed by atoms with E-state index in [0.29, 0.717) is 43.4 Å². The number of aromatic nitrogens is 2. The fourth-order valence-corrected chi connectivity index (χ4v) is 4.12. The minimum Gasteiger partial charge on any atom is -0.493 e. The van der Waals surface area contributed by atoms with E-state index in [4.69, 9.17) is 9.72 Å². The van der Waals surface area contributed by atoms with E-state index in [-0.39, 0.29) is 17.9 Å². The number of hydrogen-bond donors (Lipinski definition) is 0. The van der Waals surface area contributed by atoms with E-state index < -0.39 is 0 Å². The normalized spacial score (nSPS) is 18.5. The lowest BCUT2D eigenvalue weighted by molar-refractivity contribution is -0.129. The zero-order valence-corrected chi connectivity index (χ0v) is 16.9. The number of nitrogens with zero attached hydrogens (tertiary/aromatic N) is 4. The monoisotopic (exact) mass is 394 g/mol. The smallest absolute Gasteiger partial charge is 0.258 e. The van der Waals surface area contributed by atoms with E-state index in [9.17, 15) is 9.59 Å². The number of carbonyl (C=O) groups is 2. The molecule has 0 bridgehead atoms. The summed E-state index contributed by atoms with van der Waals surface area (Å²) in [7, 11) is 0. The van der Waals surface area contributed by atoms with Gasteiger partial charge in [-0.1, -0.05) is 12.1 Å². The van der Waals surface area contributed by atoms with Crippen molar-refractivity contribution in [3.05, 3.63) is 53.1 Å². The van der Waals surface area contributed by atoms with Gasteiger partial charge in [0.1, 0.15) is 5.75 Å². The van der Waals surface area contributed by atoms with Crippen molar-refractivity contribution in [1.29, 1.82) is 0 Å². The molecule has 7 nitrogen and oxygen atoms in total. The van der Waals surface area contributed by atoms with Gasteiger partial charge >= 0.3 is 0 Å². The van der Waals surface area contributed by atoms with Crippen LogP contribution in [0.3, 0.4) is 0 Å². The predicted molar refractivity (Wildman–Crippen MR) is 107 cm³/mol. The van der Waals surface area contributed by atoms with Crippen LogP contribution in [0.1, 0.15) is 60.2 Å². The summed E-state index contributed by atoms with van der Waals surface area (Å²) in [5.41, 5.74) is 2.56. The number of para-hydroxylation sites is 1. The Balaban J connectivity index is 1.58. The number of carbonyl (C=O) groups excluding carboxylic acids is 2. The number of hydrogen-bond acceptors (Lipinski definition) is 5. The molecule has 152 valence electrons. The first kappa shape index (κ1) is 19.4. The van der Waals surface area contributed by atoms with Crippen LogP contribution in [0.15, 0.2) is 30.5 Å². The number of likely N-dealkylation sites (tertiary alicyclic amines) is 1. The highest BCUT2D eigenvalue weighted by Crippen LogP contribution is 2.33. The molecule has 4 rings (SSSR count). The summed E-state index contributed by atoms with van der Waals surface area (Å²) in [6.45, 7) is 5.92. The van der Waals surface area contributed by atoms with Crippen LogP contribution in [0, 0.1) is 0 Å². The fourth-order valence-electron chi connectivity index (χ4n) is 4.12. The molecule has 1 aromatic heterocycles. The van der Waals surface area contributed by atoms with E-state index in [1.54, 1.807) is 11.8 Å². The average molecular weight is 394 g/mol. The summed E-state index contributed by atoms with van der Waals surface area (Å²) < 4.78 is 5.65. The topological polar surface area (TPSA) is 75.6 Å². The summed E-state index contributed by atoms with van der Waals surface area (Å²) in [5, 5.41) is 0. The second-order valence-corrected chi connectivity index (χ2v) is 7.48. The van der Waals surface area contributed by atoms with Crippen molar-refractivity contribution >= 4 is 11.8 Å². The van der Waals surface area contributed by atoms with Gasteiger partial charge in [-0.15, -0.1) is 0 Å². The maximum absolute atomic E-state index is 13.3. The van der Waals surface area contributed by atoms with E-state index in [1.165, 1.54) is 0 Å². The first-order chi connectivity index (χ1) is 14.1. The van der Waals surface area contributed by atoms with Crippen LogP contribution in [-0.4, -0.2) is 51.3 Å². The van der Waals surface area contributed by atoms with Crippen molar-refractivity contribution in [3.8, 4) is 5.75 Å². The van der Waals surface area contributed by atoms with E-state index in [0.717, 1.165) is 30.5 Å². The Kier molecular flexibility index (Phi) is 5.47. The summed E-state index contributed by atoms with van der Waals surface area (Å²) in [5.74, 6) is 1.34. The fraction of sp³-hybridized carbons (Fsp3) is 0.455. The van der Waals surface area contributed by atoms with Gasteiger partial charge < -0.3 is 14.5 Å². The molecule has 1 atom stereocenters. The number of benzene rings is 1. The number of amides is 2. The minimum absolute atomic E-state index is 0.0411. The van der Waals surface area contributed by atoms with Gasteiger partial charge in [-0.05, 0) is 31.9 Å². The Labute approximate surface area is 170 Å². The van der Waals surface area contributed by atoms with Gasteiger partial charge in [0.2, 0.25) is 5.91 Å². The molecule has 2 aliphatic heterocycles. The highest BCUT2D eigenvalue weighted by Gasteiger charge is 2.34. The first-order valence-corrected chi connectivity index (χ1v) is 10.2. The van der Waals surface area contributed by atoms with Crippen molar-refractivity contribution in [2.75, 3.05) is 19.7 Å². The molecular weight excluding hydrogens is 368 g/mol. The maximum atomic E-state index is 13.3. The lowest BCUT2D eigenvalue weighted by atomic mass is 10.1. The van der Waals surface area contributed by atoms with Crippen LogP contribution in [-0.2, 0) is 17.8 Å². The van der Waals surface area contributed by atoms with Crippen LogP contribution in [0.2, 0.25) is 0 Å². The van der Waals surface area contributed by atoms with Crippen LogP contribution in [0.25, 0.3) is 0 Å². The molecule has 2 amide bonds. The quantitative estimate of drug-likeness (QED) is 0.797. The second kappa shape index (κ2) is 8.19. The highest BCUT2D eigenvalue weighted by molar-refractivity contribution is 5.97. The lowest BCUT2D eigenvalue weighted by Gasteiger charge is -2.29. The summed E-state index contributed by atoms with van der Waals surface area (Å²) in [6.07, 6.45) is 4.31. The van der Waals surface area contributed by atoms with Crippen LogP contribution in [0.5, 0.6) is 5.75 Å². The van der Waals surface area contributed by atoms with E-state index in [1.807, 2.05) is 42.3 Å². The maximum Gasteiger partial charge on any atom is 0.258 e. The molecule has 1 saturated heterocycles. The molecule has 29 heavy (non-hydrogen) atoms. The lowest BCUT2D eigenvalue weighted by Crippen LogP contribution is -2.36. The van der Waals surface area contributed by atoms with E-state index in [2.05, 4.69) is 4.98 Å². The summed E-state index contributed by atoms with van der Waals surface area (Å²) in [6, 6.07) is 7.25. The Morgan fingerprint density at radius 3 is 2.86 bits per heavy atom. The van der Waals surface area contributed by atoms with Crippen LogP contribution in [0.4, 0.5) is 0 Å². The third kappa shape index (κ3) is 3.81. The van der Waals surface area contributed by atoms with Gasteiger partial charge in [-0.2, -0.15) is 0 Å². The van der Waals surface area contributed by atoms with Crippen molar-refractivity contribution < 1.29 is 14.3 Å². The molecule has 2 aliphatic rings. The third-order valence-corrected chi connectivity index (χ3v) is 5.63. The number of ether oxygens (including phenoxy) is 1. The zero-order valence-electron chi connectivity index (χ0n) is 16.9. The highest BCUT2D eigenvalue weighted by atomic mass is 16.5. The van der Waals surface area contributed by atoms with Gasteiger partial charge in [0.05, 0.1) is 23.9 Å². The van der Waals surface area contributed by atoms with Crippen molar-refractivity contribution in [2.45, 2.75) is 45.7 Å². The standard InChI is InChI=1S/C22H26N4O3/c1-3-29-20-9-5-4-7-17(20)22(28)26-11-6-8-19(26)21-23-13-16-14-25(15(2)27)12-10-18(16)24-21/h4-5,7,9,13,19H,3,6,8,10-12,14H2,1-2H3/t19-/m1/s1. The van der Waals surface area contributed by atoms with E-state index >= 15 is 0 Å². The van der Waals surface area contributed by atoms with Crippen molar-refractivity contribution in [2.24, 2.45) is 0 Å². The van der Waals surface area contributed by atoms with Crippen molar-refractivity contribution in [1.82, 2.24) is 19.8 Å². The molecule has 1 aromatic carbocycles. The minimum atomic E-state index is -0.131. The molecule has 3 heterocycles. The molecule has 0 spiro atoms. The van der Waals surface area contributed by atoms with Crippen LogP contribution >= 0.6 is 0 Å². The molecule has 0 radical (unpaired) electrons. The Morgan fingerprint density at radius 1 is 1.24 bits per heavy atom. The Bertz CT molecular complexity index is 930. The first-order valence-electron chi connectivity index (χ1n) is 10.2. The second-order valence-electron chi connectivity index (χ2n) is 7.48. The summed E-state index contributed by atoms with van der Waals surface area (Å²) in [4.78, 5) is 38.0. The third-order valence-electron chi connectivity index (χ3n) is 5.63. The molecule has 7 heteroatoms. The molecule has 1 fully saturated rings. The van der Waals surface area contributed by atoms with Gasteiger partial charge in [-0.3, -0.25) is 9.59 Å². The van der Waals surface area contributed by atoms with Crippen molar-refractivity contribution in [3.63, 3.8) is 0 Å². The van der Waals surface area contributed by atoms with Gasteiger partial charge in [-0.25, -0.2) is 9.97 Å². The SMILES string of the molecule is CCOc1ccccc1C(=O)N1CCC[C@@H]1c1ncc2c(n1)CCN(C(C)=O)C2. The molecule has 0 unspecified atom stereocenters. The van der Waals surface area contributed by atoms with Gasteiger partial charge in [0.25, 0.3) is 5.91 Å². The Hall–Kier alpha value is -2.96. The largest absolute Gasteiger partial charge is 0.493 e. The summed E-state index contributed by atoms with van der Waals surface area (Å²) >= 11 is 0. The average Bonchev–Trinajstić information content (AvgIpc) is 3.23. The number of fused-ring (bicyclic) bond motifs is 1. The molecular formula is C22H26N4O3. The molecule has 0 N–H and O–H groups in total. The molecule has 0 saturated carbocycles. The van der Waals surface area contributed by atoms with Gasteiger partial charge in [0.15, 0.2) is 5.82 Å². The van der Waals surface area contributed by atoms with Crippen LogP contribution < -0.4 is 4.74 Å². The van der Waals surface area contributed by atoms with Gasteiger partial charge in [0, 0.05) is 44.7 Å². The Morgan fingerprint density at radius 2 is 2.07 bits per heavy atom. The molecule has 0 aliphatic carbocycles.